The average Bonchev–Trinajstić information content (AvgIpc) is 2.69. The van der Waals surface area contributed by atoms with Gasteiger partial charge in [-0.2, -0.15) is 0 Å². The van der Waals surface area contributed by atoms with Crippen molar-refractivity contribution < 1.29 is 19.8 Å². The summed E-state index contributed by atoms with van der Waals surface area (Å²) in [5.74, 6) is -0.366. The molecule has 1 fully saturated rings. The molecule has 2 atom stereocenters. The molecule has 0 aromatic carbocycles. The summed E-state index contributed by atoms with van der Waals surface area (Å²) in [6, 6.07) is -0.969. The van der Waals surface area contributed by atoms with Crippen LogP contribution in [0.15, 0.2) is 0 Å². The van der Waals surface area contributed by atoms with Crippen LogP contribution in [0.1, 0.15) is 19.3 Å². The fourth-order valence-electron chi connectivity index (χ4n) is 1.44. The van der Waals surface area contributed by atoms with E-state index in [1.807, 2.05) is 0 Å². The number of carboxylic acids is 1. The fraction of sp³-hybridized carbons (Fsp3) is 0.778. The Labute approximate surface area is 92.2 Å². The van der Waals surface area contributed by atoms with Crippen molar-refractivity contribution in [2.24, 2.45) is 0 Å². The summed E-state index contributed by atoms with van der Waals surface area (Å²) < 4.78 is 0. The molecule has 5 nitrogen and oxygen atoms in total. The summed E-state index contributed by atoms with van der Waals surface area (Å²) in [6.45, 7) is -0.241. The molecule has 0 saturated carbocycles. The second-order valence-electron chi connectivity index (χ2n) is 3.41. The average molecular weight is 233 g/mol. The summed E-state index contributed by atoms with van der Waals surface area (Å²) in [5, 5.41) is 19.7. The van der Waals surface area contributed by atoms with E-state index >= 15 is 0 Å². The molecule has 1 aliphatic heterocycles. The van der Waals surface area contributed by atoms with Gasteiger partial charge in [-0.15, -0.1) is 11.8 Å². The zero-order valence-corrected chi connectivity index (χ0v) is 9.13. The lowest BCUT2D eigenvalue weighted by molar-refractivity contribution is -0.142. The number of carbonyl (C=O) groups is 2. The number of amides is 1. The summed E-state index contributed by atoms with van der Waals surface area (Å²) in [7, 11) is 0. The zero-order valence-electron chi connectivity index (χ0n) is 8.31. The number of nitrogens with one attached hydrogen (secondary N) is 1. The molecule has 0 aromatic heterocycles. The molecule has 1 rings (SSSR count). The molecular weight excluding hydrogens is 218 g/mol. The molecule has 3 N–H and O–H groups in total. The minimum absolute atomic E-state index is 0.0540. The first-order valence-corrected chi connectivity index (χ1v) is 5.95. The third kappa shape index (κ3) is 3.71. The van der Waals surface area contributed by atoms with Crippen LogP contribution in [0.3, 0.4) is 0 Å². The number of aliphatic carboxylic acids is 1. The normalized spacial score (nSPS) is 22.3. The minimum Gasteiger partial charge on any atom is -0.480 e. The van der Waals surface area contributed by atoms with Crippen molar-refractivity contribution >= 4 is 23.6 Å². The second-order valence-corrected chi connectivity index (χ2v) is 4.72. The summed E-state index contributed by atoms with van der Waals surface area (Å²) in [5.41, 5.74) is 0. The summed E-state index contributed by atoms with van der Waals surface area (Å²) in [6.07, 6.45) is 1.86. The largest absolute Gasteiger partial charge is 0.480 e. The molecule has 0 aliphatic carbocycles. The molecule has 1 saturated heterocycles. The number of carbonyl (C=O) groups excluding carboxylic acids is 1. The first-order chi connectivity index (χ1) is 7.15. The van der Waals surface area contributed by atoms with Gasteiger partial charge in [0.2, 0.25) is 5.91 Å². The van der Waals surface area contributed by atoms with Crippen LogP contribution in [-0.2, 0) is 9.59 Å². The maximum atomic E-state index is 11.6. The Bertz CT molecular complexity index is 240. The van der Waals surface area contributed by atoms with E-state index in [9.17, 15) is 9.59 Å². The van der Waals surface area contributed by atoms with Crippen LogP contribution in [0.2, 0.25) is 0 Å². The van der Waals surface area contributed by atoms with Crippen molar-refractivity contribution in [3.8, 4) is 0 Å². The molecule has 15 heavy (non-hydrogen) atoms. The first kappa shape index (κ1) is 12.3. The third-order valence-corrected chi connectivity index (χ3v) is 3.63. The van der Waals surface area contributed by atoms with Crippen LogP contribution < -0.4 is 5.32 Å². The van der Waals surface area contributed by atoms with Crippen LogP contribution in [0.25, 0.3) is 0 Å². The number of thioether (sulfide) groups is 1. The highest BCUT2D eigenvalue weighted by atomic mass is 32.2. The van der Waals surface area contributed by atoms with Crippen molar-refractivity contribution in [1.29, 1.82) is 0 Å². The second kappa shape index (κ2) is 5.97. The van der Waals surface area contributed by atoms with Gasteiger partial charge in [0.05, 0.1) is 5.25 Å². The SMILES string of the molecule is O=C(N[C@H](CCO)C(=O)O)C1CCCS1. The van der Waals surface area contributed by atoms with Crippen molar-refractivity contribution in [2.45, 2.75) is 30.6 Å². The Kier molecular flexibility index (Phi) is 4.90. The lowest BCUT2D eigenvalue weighted by Gasteiger charge is -2.15. The molecule has 6 heteroatoms. The molecule has 1 aliphatic rings. The lowest BCUT2D eigenvalue weighted by atomic mass is 10.2. The van der Waals surface area contributed by atoms with Gasteiger partial charge in [-0.05, 0) is 18.6 Å². The van der Waals surface area contributed by atoms with Gasteiger partial charge in [0.1, 0.15) is 6.04 Å². The molecule has 1 amide bonds. The predicted molar refractivity (Wildman–Crippen MR) is 56.7 cm³/mol. The Balaban J connectivity index is 2.42. The highest BCUT2D eigenvalue weighted by Crippen LogP contribution is 2.26. The summed E-state index contributed by atoms with van der Waals surface area (Å²) >= 11 is 1.55. The highest BCUT2D eigenvalue weighted by Gasteiger charge is 2.27. The molecule has 0 radical (unpaired) electrons. The van der Waals surface area contributed by atoms with Gasteiger partial charge in [0, 0.05) is 13.0 Å². The molecule has 0 aromatic rings. The lowest BCUT2D eigenvalue weighted by Crippen LogP contribution is -2.44. The van der Waals surface area contributed by atoms with Gasteiger partial charge < -0.3 is 15.5 Å². The molecule has 0 spiro atoms. The smallest absolute Gasteiger partial charge is 0.326 e. The number of carboxylic acid groups (broad SMARTS) is 1. The van der Waals surface area contributed by atoms with Gasteiger partial charge >= 0.3 is 5.97 Å². The van der Waals surface area contributed by atoms with E-state index in [1.165, 1.54) is 0 Å². The van der Waals surface area contributed by atoms with Crippen molar-refractivity contribution in [3.05, 3.63) is 0 Å². The minimum atomic E-state index is -1.10. The van der Waals surface area contributed by atoms with Gasteiger partial charge in [-0.25, -0.2) is 4.79 Å². The molecular formula is C9H15NO4S. The van der Waals surface area contributed by atoms with Gasteiger partial charge in [0.25, 0.3) is 0 Å². The predicted octanol–water partition coefficient (Wildman–Crippen LogP) is -0.166. The molecule has 86 valence electrons. The fourth-order valence-corrected chi connectivity index (χ4v) is 2.61. The quantitative estimate of drug-likeness (QED) is 0.614. The van der Waals surface area contributed by atoms with Gasteiger partial charge in [0.15, 0.2) is 0 Å². The van der Waals surface area contributed by atoms with Gasteiger partial charge in [-0.1, -0.05) is 0 Å². The third-order valence-electron chi connectivity index (χ3n) is 2.25. The standard InChI is InChI=1S/C9H15NO4S/c11-4-3-6(9(13)14)10-8(12)7-2-1-5-15-7/h6-7,11H,1-5H2,(H,10,12)(H,13,14)/t6-,7?/m1/s1. The van der Waals surface area contributed by atoms with Gasteiger partial charge in [-0.3, -0.25) is 4.79 Å². The van der Waals surface area contributed by atoms with E-state index in [2.05, 4.69) is 5.32 Å². The molecule has 1 unspecified atom stereocenters. The van der Waals surface area contributed by atoms with Crippen LogP contribution in [-0.4, -0.2) is 45.7 Å². The number of hydrogen-bond donors (Lipinski definition) is 3. The first-order valence-electron chi connectivity index (χ1n) is 4.90. The number of rotatable bonds is 5. The zero-order chi connectivity index (χ0) is 11.3. The Hall–Kier alpha value is -0.750. The Morgan fingerprint density at radius 1 is 1.53 bits per heavy atom. The van der Waals surface area contributed by atoms with E-state index in [0.717, 1.165) is 18.6 Å². The number of aliphatic hydroxyl groups is 1. The number of hydrogen-bond acceptors (Lipinski definition) is 4. The maximum absolute atomic E-state index is 11.6. The molecule has 1 heterocycles. The molecule has 0 bridgehead atoms. The van der Waals surface area contributed by atoms with Crippen LogP contribution in [0, 0.1) is 0 Å². The number of aliphatic hydroxyl groups excluding tert-OH is 1. The van der Waals surface area contributed by atoms with Crippen LogP contribution >= 0.6 is 11.8 Å². The van der Waals surface area contributed by atoms with Crippen molar-refractivity contribution in [2.75, 3.05) is 12.4 Å². The van der Waals surface area contributed by atoms with Crippen molar-refractivity contribution in [1.82, 2.24) is 5.32 Å². The Morgan fingerprint density at radius 2 is 2.27 bits per heavy atom. The van der Waals surface area contributed by atoms with Crippen LogP contribution in [0.5, 0.6) is 0 Å². The van der Waals surface area contributed by atoms with E-state index in [4.69, 9.17) is 10.2 Å². The maximum Gasteiger partial charge on any atom is 0.326 e. The Morgan fingerprint density at radius 3 is 2.73 bits per heavy atom. The summed E-state index contributed by atoms with van der Waals surface area (Å²) in [4.78, 5) is 22.3. The van der Waals surface area contributed by atoms with E-state index < -0.39 is 12.0 Å². The van der Waals surface area contributed by atoms with Crippen LogP contribution in [0.4, 0.5) is 0 Å². The van der Waals surface area contributed by atoms with Crippen molar-refractivity contribution in [3.63, 3.8) is 0 Å². The van der Waals surface area contributed by atoms with E-state index in [-0.39, 0.29) is 24.2 Å². The highest BCUT2D eigenvalue weighted by molar-refractivity contribution is 8.00. The van der Waals surface area contributed by atoms with E-state index in [0.29, 0.717) is 0 Å². The monoisotopic (exact) mass is 233 g/mol. The van der Waals surface area contributed by atoms with E-state index in [1.54, 1.807) is 11.8 Å². The topological polar surface area (TPSA) is 86.6 Å².